The molecule has 2 rings (SSSR count). The second-order valence-corrected chi connectivity index (χ2v) is 5.69. The van der Waals surface area contributed by atoms with E-state index in [2.05, 4.69) is 9.71 Å². The molecule has 98 valence electrons. The molecular weight excluding hydrogens is 266 g/mol. The molecule has 0 aliphatic heterocycles. The molecular formula is C12H11N3O3S. The fourth-order valence-corrected chi connectivity index (χ4v) is 2.53. The molecule has 0 amide bonds. The Bertz CT molecular complexity index is 711. The number of aryl methyl sites for hydroxylation is 1. The number of nitrogens with one attached hydrogen (secondary N) is 1. The molecule has 0 aliphatic rings. The normalized spacial score (nSPS) is 10.9. The maximum Gasteiger partial charge on any atom is 0.308 e. The van der Waals surface area contributed by atoms with E-state index in [1.54, 1.807) is 31.2 Å². The largest absolute Gasteiger partial charge is 0.431 e. The summed E-state index contributed by atoms with van der Waals surface area (Å²) in [4.78, 5) is 3.86. The lowest BCUT2D eigenvalue weighted by Gasteiger charge is -2.04. The summed E-state index contributed by atoms with van der Waals surface area (Å²) in [7, 11) is -3.58. The summed E-state index contributed by atoms with van der Waals surface area (Å²) >= 11 is 0. The highest BCUT2D eigenvalue weighted by Crippen LogP contribution is 2.12. The number of rotatable bonds is 4. The van der Waals surface area contributed by atoms with Crippen molar-refractivity contribution in [2.45, 2.75) is 12.7 Å². The van der Waals surface area contributed by atoms with E-state index >= 15 is 0 Å². The van der Waals surface area contributed by atoms with E-state index < -0.39 is 10.0 Å². The first-order chi connectivity index (χ1) is 8.98. The molecule has 0 unspecified atom stereocenters. The summed E-state index contributed by atoms with van der Waals surface area (Å²) in [5, 5.41) is 8.66. The average molecular weight is 277 g/mol. The second-order valence-electron chi connectivity index (χ2n) is 3.96. The van der Waals surface area contributed by atoms with Crippen molar-refractivity contribution < 1.29 is 12.8 Å². The van der Waals surface area contributed by atoms with Crippen molar-refractivity contribution in [2.24, 2.45) is 0 Å². The van der Waals surface area contributed by atoms with Gasteiger partial charge in [-0.05, 0) is 24.6 Å². The van der Waals surface area contributed by atoms with E-state index in [0.29, 0.717) is 16.8 Å². The molecule has 0 saturated carbocycles. The van der Waals surface area contributed by atoms with Gasteiger partial charge in [-0.1, -0.05) is 12.1 Å². The number of nitrogens with zero attached hydrogens (tertiary/aromatic N) is 2. The van der Waals surface area contributed by atoms with Crippen molar-refractivity contribution >= 4 is 16.0 Å². The topological polar surface area (TPSA) is 96.0 Å². The van der Waals surface area contributed by atoms with Gasteiger partial charge in [0.15, 0.2) is 0 Å². The Morgan fingerprint density at radius 1 is 1.37 bits per heavy atom. The molecule has 1 heterocycles. The van der Waals surface area contributed by atoms with E-state index in [1.807, 2.05) is 6.07 Å². The third kappa shape index (κ3) is 3.56. The van der Waals surface area contributed by atoms with E-state index in [0.717, 1.165) is 0 Å². The van der Waals surface area contributed by atoms with Crippen molar-refractivity contribution in [3.8, 4) is 6.07 Å². The van der Waals surface area contributed by atoms with Crippen LogP contribution in [0.15, 0.2) is 34.9 Å². The van der Waals surface area contributed by atoms with Crippen LogP contribution in [0.4, 0.5) is 6.01 Å². The van der Waals surface area contributed by atoms with Gasteiger partial charge >= 0.3 is 6.01 Å². The van der Waals surface area contributed by atoms with Crippen LogP contribution < -0.4 is 4.72 Å². The van der Waals surface area contributed by atoms with Crippen LogP contribution in [0.25, 0.3) is 0 Å². The molecule has 0 aliphatic carbocycles. The third-order valence-corrected chi connectivity index (χ3v) is 3.50. The molecule has 7 heteroatoms. The molecule has 0 fully saturated rings. The number of anilines is 1. The van der Waals surface area contributed by atoms with Crippen LogP contribution >= 0.6 is 0 Å². The molecule has 1 aromatic heterocycles. The number of hydrogen-bond donors (Lipinski definition) is 1. The number of benzene rings is 1. The fourth-order valence-electron chi connectivity index (χ4n) is 1.46. The summed E-state index contributed by atoms with van der Waals surface area (Å²) in [6.07, 6.45) is 1.36. The second kappa shape index (κ2) is 5.12. The van der Waals surface area contributed by atoms with Gasteiger partial charge < -0.3 is 4.42 Å². The first-order valence-corrected chi connectivity index (χ1v) is 7.05. The van der Waals surface area contributed by atoms with Crippen molar-refractivity contribution in [3.63, 3.8) is 0 Å². The van der Waals surface area contributed by atoms with Crippen LogP contribution in [0.5, 0.6) is 0 Å². The maximum absolute atomic E-state index is 11.9. The molecule has 0 spiro atoms. The van der Waals surface area contributed by atoms with Gasteiger partial charge in [-0.15, -0.1) is 0 Å². The summed E-state index contributed by atoms with van der Waals surface area (Å²) in [5.74, 6) is -0.208. The summed E-state index contributed by atoms with van der Waals surface area (Å²) in [6, 6.07) is 8.25. The van der Waals surface area contributed by atoms with Crippen molar-refractivity contribution in [2.75, 3.05) is 4.72 Å². The van der Waals surface area contributed by atoms with Crippen molar-refractivity contribution in [1.29, 1.82) is 5.26 Å². The van der Waals surface area contributed by atoms with Crippen molar-refractivity contribution in [1.82, 2.24) is 4.98 Å². The number of hydrogen-bond acceptors (Lipinski definition) is 5. The number of nitriles is 1. The Morgan fingerprint density at radius 3 is 2.58 bits per heavy atom. The smallest absolute Gasteiger partial charge is 0.308 e. The summed E-state index contributed by atoms with van der Waals surface area (Å²) < 4.78 is 30.9. The minimum Gasteiger partial charge on any atom is -0.431 e. The molecule has 0 atom stereocenters. The van der Waals surface area contributed by atoms with Gasteiger partial charge in [0.25, 0.3) is 0 Å². The van der Waals surface area contributed by atoms with Gasteiger partial charge in [0.1, 0.15) is 6.26 Å². The molecule has 19 heavy (non-hydrogen) atoms. The van der Waals surface area contributed by atoms with Gasteiger partial charge in [-0.2, -0.15) is 10.2 Å². The Kier molecular flexibility index (Phi) is 3.53. The summed E-state index contributed by atoms with van der Waals surface area (Å²) in [6.45, 7) is 1.70. The monoisotopic (exact) mass is 277 g/mol. The van der Waals surface area contributed by atoms with Crippen LogP contribution in [-0.4, -0.2) is 13.4 Å². The lowest BCUT2D eigenvalue weighted by atomic mass is 10.2. The van der Waals surface area contributed by atoms with Crippen LogP contribution in [0.3, 0.4) is 0 Å². The zero-order chi connectivity index (χ0) is 13.9. The van der Waals surface area contributed by atoms with Crippen LogP contribution in [0.1, 0.15) is 16.8 Å². The van der Waals surface area contributed by atoms with Gasteiger partial charge in [0.2, 0.25) is 10.0 Å². The lowest BCUT2D eigenvalue weighted by molar-refractivity contribution is 0.569. The highest BCUT2D eigenvalue weighted by molar-refractivity contribution is 7.91. The third-order valence-electron chi connectivity index (χ3n) is 2.30. The van der Waals surface area contributed by atoms with Crippen LogP contribution in [-0.2, 0) is 15.8 Å². The maximum atomic E-state index is 11.9. The van der Waals surface area contributed by atoms with E-state index in [9.17, 15) is 8.42 Å². The van der Waals surface area contributed by atoms with Gasteiger partial charge in [-0.25, -0.2) is 13.1 Å². The minimum atomic E-state index is -3.58. The Balaban J connectivity index is 2.10. The predicted molar refractivity (Wildman–Crippen MR) is 68.6 cm³/mol. The highest BCUT2D eigenvalue weighted by Gasteiger charge is 2.14. The average Bonchev–Trinajstić information content (AvgIpc) is 2.74. The van der Waals surface area contributed by atoms with Crippen molar-refractivity contribution in [3.05, 3.63) is 47.3 Å². The standard InChI is InChI=1S/C12H11N3O3S/c1-9-7-18-12(14-9)15-19(16,17)8-11-4-2-10(6-13)3-5-11/h2-5,7H,8H2,1H3,(H,14,15). The molecule has 1 aromatic carbocycles. The first kappa shape index (κ1) is 13.1. The minimum absolute atomic E-state index is 0.0499. The molecule has 1 N–H and O–H groups in total. The van der Waals surface area contributed by atoms with Crippen LogP contribution in [0.2, 0.25) is 0 Å². The van der Waals surface area contributed by atoms with Gasteiger partial charge in [0.05, 0.1) is 23.1 Å². The number of oxazole rings is 1. The molecule has 6 nitrogen and oxygen atoms in total. The Hall–Kier alpha value is -2.33. The molecule has 0 radical (unpaired) electrons. The SMILES string of the molecule is Cc1coc(NS(=O)(=O)Cc2ccc(C#N)cc2)n1. The summed E-state index contributed by atoms with van der Waals surface area (Å²) in [5.41, 5.74) is 1.66. The molecule has 2 aromatic rings. The zero-order valence-electron chi connectivity index (χ0n) is 10.1. The molecule has 0 bridgehead atoms. The highest BCUT2D eigenvalue weighted by atomic mass is 32.2. The first-order valence-electron chi connectivity index (χ1n) is 5.40. The molecule has 0 saturated heterocycles. The van der Waals surface area contributed by atoms with E-state index in [4.69, 9.17) is 9.68 Å². The van der Waals surface area contributed by atoms with Gasteiger partial charge in [0, 0.05) is 0 Å². The zero-order valence-corrected chi connectivity index (χ0v) is 10.9. The lowest BCUT2D eigenvalue weighted by Crippen LogP contribution is -2.15. The fraction of sp³-hybridized carbons (Fsp3) is 0.167. The number of aromatic nitrogens is 1. The Morgan fingerprint density at radius 2 is 2.05 bits per heavy atom. The number of sulfonamides is 1. The quantitative estimate of drug-likeness (QED) is 0.919. The van der Waals surface area contributed by atoms with Crippen LogP contribution in [0, 0.1) is 18.3 Å². The predicted octanol–water partition coefficient (Wildman–Crippen LogP) is 1.80. The van der Waals surface area contributed by atoms with Gasteiger partial charge in [-0.3, -0.25) is 0 Å². The van der Waals surface area contributed by atoms with E-state index in [1.165, 1.54) is 6.26 Å². The van der Waals surface area contributed by atoms with E-state index in [-0.39, 0.29) is 11.8 Å². The Labute approximate surface area is 110 Å².